The van der Waals surface area contributed by atoms with Gasteiger partial charge < -0.3 is 10.0 Å². The highest BCUT2D eigenvalue weighted by atomic mass is 32.1. The van der Waals surface area contributed by atoms with Crippen molar-refractivity contribution >= 4 is 17.2 Å². The molecule has 1 fully saturated rings. The number of thiophene rings is 1. The van der Waals surface area contributed by atoms with Crippen LogP contribution in [-0.2, 0) is 12.7 Å². The van der Waals surface area contributed by atoms with Crippen LogP contribution >= 0.6 is 11.3 Å². The number of pyridine rings is 1. The van der Waals surface area contributed by atoms with Crippen molar-refractivity contribution in [3.05, 3.63) is 46.3 Å². The monoisotopic (exact) mass is 371 g/mol. The van der Waals surface area contributed by atoms with Gasteiger partial charge in [-0.2, -0.15) is 13.2 Å². The number of anilines is 1. The molecule has 0 saturated carbocycles. The van der Waals surface area contributed by atoms with Crippen LogP contribution in [0.5, 0.6) is 0 Å². The summed E-state index contributed by atoms with van der Waals surface area (Å²) in [5, 5.41) is 11.4. The van der Waals surface area contributed by atoms with Crippen molar-refractivity contribution in [3.8, 4) is 0 Å². The molecule has 0 radical (unpaired) electrons. The fourth-order valence-corrected chi connectivity index (χ4v) is 3.92. The summed E-state index contributed by atoms with van der Waals surface area (Å²) in [4.78, 5) is 9.12. The van der Waals surface area contributed by atoms with Gasteiger partial charge in [-0.15, -0.1) is 11.3 Å². The van der Waals surface area contributed by atoms with E-state index in [1.165, 1.54) is 17.1 Å². The average molecular weight is 371 g/mol. The predicted octanol–water partition coefficient (Wildman–Crippen LogP) is 3.24. The molecule has 1 aliphatic rings. The summed E-state index contributed by atoms with van der Waals surface area (Å²) in [7, 11) is 0. The fraction of sp³-hybridized carbons (Fsp3) is 0.471. The Balaban J connectivity index is 1.78. The van der Waals surface area contributed by atoms with Crippen LogP contribution in [0.15, 0.2) is 35.8 Å². The van der Waals surface area contributed by atoms with Gasteiger partial charge in [-0.05, 0) is 30.0 Å². The lowest BCUT2D eigenvalue weighted by Gasteiger charge is -2.42. The van der Waals surface area contributed by atoms with Gasteiger partial charge in [0.15, 0.2) is 0 Å². The van der Waals surface area contributed by atoms with Crippen molar-refractivity contribution in [2.75, 3.05) is 31.1 Å². The van der Waals surface area contributed by atoms with Gasteiger partial charge in [-0.1, -0.05) is 6.07 Å². The summed E-state index contributed by atoms with van der Waals surface area (Å²) in [6.45, 7) is 2.30. The first kappa shape index (κ1) is 18.2. The molecule has 1 unspecified atom stereocenters. The van der Waals surface area contributed by atoms with Gasteiger partial charge >= 0.3 is 6.18 Å². The number of rotatable bonds is 5. The van der Waals surface area contributed by atoms with E-state index < -0.39 is 11.7 Å². The van der Waals surface area contributed by atoms with Gasteiger partial charge in [-0.25, -0.2) is 4.98 Å². The molecule has 2 aromatic rings. The van der Waals surface area contributed by atoms with Gasteiger partial charge in [0.25, 0.3) is 0 Å². The number of piperazine rings is 1. The van der Waals surface area contributed by atoms with Crippen LogP contribution in [0.2, 0.25) is 0 Å². The fourth-order valence-electron chi connectivity index (χ4n) is 3.19. The third-order valence-electron chi connectivity index (χ3n) is 4.40. The molecule has 0 aliphatic carbocycles. The third-order valence-corrected chi connectivity index (χ3v) is 5.26. The van der Waals surface area contributed by atoms with E-state index in [9.17, 15) is 18.3 Å². The maximum atomic E-state index is 13.3. The summed E-state index contributed by atoms with van der Waals surface area (Å²) in [5.41, 5.74) is -0.704. The molecular weight excluding hydrogens is 351 g/mol. The van der Waals surface area contributed by atoms with Gasteiger partial charge in [0.2, 0.25) is 0 Å². The van der Waals surface area contributed by atoms with E-state index in [-0.39, 0.29) is 18.5 Å². The van der Waals surface area contributed by atoms with Crippen LogP contribution in [-0.4, -0.2) is 47.3 Å². The number of aliphatic hydroxyl groups excluding tert-OH is 1. The van der Waals surface area contributed by atoms with Crippen LogP contribution in [0.1, 0.15) is 16.9 Å². The SMILES string of the molecule is OCCC1CN(c2ncccc2C(F)(F)F)CCN1Cc1cccs1. The van der Waals surface area contributed by atoms with Crippen LogP contribution in [0.25, 0.3) is 0 Å². The molecule has 2 aromatic heterocycles. The third kappa shape index (κ3) is 4.31. The van der Waals surface area contributed by atoms with Crippen LogP contribution in [0.4, 0.5) is 19.0 Å². The highest BCUT2D eigenvalue weighted by Gasteiger charge is 2.37. The number of hydrogen-bond acceptors (Lipinski definition) is 5. The minimum Gasteiger partial charge on any atom is -0.396 e. The highest BCUT2D eigenvalue weighted by molar-refractivity contribution is 7.09. The molecule has 3 heterocycles. The van der Waals surface area contributed by atoms with Gasteiger partial charge in [0.1, 0.15) is 5.82 Å². The van der Waals surface area contributed by atoms with E-state index in [4.69, 9.17) is 0 Å². The quantitative estimate of drug-likeness (QED) is 0.876. The largest absolute Gasteiger partial charge is 0.419 e. The van der Waals surface area contributed by atoms with Crippen molar-refractivity contribution < 1.29 is 18.3 Å². The molecule has 0 amide bonds. The Morgan fingerprint density at radius 2 is 2.08 bits per heavy atom. The second-order valence-electron chi connectivity index (χ2n) is 6.03. The number of hydrogen-bond donors (Lipinski definition) is 1. The molecule has 0 bridgehead atoms. The number of halogens is 3. The molecule has 8 heteroatoms. The lowest BCUT2D eigenvalue weighted by atomic mass is 10.1. The number of nitrogens with zero attached hydrogens (tertiary/aromatic N) is 3. The molecule has 0 spiro atoms. The lowest BCUT2D eigenvalue weighted by Crippen LogP contribution is -2.53. The molecular formula is C17H20F3N3OS. The second kappa shape index (κ2) is 7.72. The summed E-state index contributed by atoms with van der Waals surface area (Å²) in [6, 6.07) is 6.41. The molecule has 1 N–H and O–H groups in total. The Bertz CT molecular complexity index is 678. The Morgan fingerprint density at radius 3 is 2.76 bits per heavy atom. The zero-order chi connectivity index (χ0) is 17.9. The zero-order valence-electron chi connectivity index (χ0n) is 13.6. The van der Waals surface area contributed by atoms with E-state index in [1.54, 1.807) is 16.2 Å². The molecule has 1 atom stereocenters. The number of aromatic nitrogens is 1. The standard InChI is InChI=1S/C17H20F3N3OS/c18-17(19,20)15-4-1-6-21-16(15)23-8-7-22(13(11-23)5-9-24)12-14-3-2-10-25-14/h1-4,6,10,13,24H,5,7-9,11-12H2. The smallest absolute Gasteiger partial charge is 0.396 e. The molecule has 136 valence electrons. The van der Waals surface area contributed by atoms with Crippen LogP contribution in [0, 0.1) is 0 Å². The Hall–Kier alpha value is -1.64. The first-order valence-electron chi connectivity index (χ1n) is 8.13. The summed E-state index contributed by atoms with van der Waals surface area (Å²) in [5.74, 6) is -0.0197. The van der Waals surface area contributed by atoms with Crippen LogP contribution < -0.4 is 4.90 Å². The van der Waals surface area contributed by atoms with E-state index in [0.29, 0.717) is 26.1 Å². The first-order valence-corrected chi connectivity index (χ1v) is 9.01. The van der Waals surface area contributed by atoms with Gasteiger partial charge in [0, 0.05) is 49.9 Å². The van der Waals surface area contributed by atoms with Crippen molar-refractivity contribution in [3.63, 3.8) is 0 Å². The normalized spacial score (nSPS) is 19.4. The van der Waals surface area contributed by atoms with Crippen molar-refractivity contribution in [1.29, 1.82) is 0 Å². The number of aliphatic hydroxyl groups is 1. The van der Waals surface area contributed by atoms with E-state index in [0.717, 1.165) is 12.6 Å². The zero-order valence-corrected chi connectivity index (χ0v) is 14.4. The number of alkyl halides is 3. The van der Waals surface area contributed by atoms with Gasteiger partial charge in [0.05, 0.1) is 5.56 Å². The van der Waals surface area contributed by atoms with Crippen molar-refractivity contribution in [1.82, 2.24) is 9.88 Å². The van der Waals surface area contributed by atoms with Crippen molar-refractivity contribution in [2.45, 2.75) is 25.2 Å². The summed E-state index contributed by atoms with van der Waals surface area (Å²) >= 11 is 1.66. The predicted molar refractivity (Wildman–Crippen MR) is 91.7 cm³/mol. The minimum absolute atomic E-state index is 0.00773. The Morgan fingerprint density at radius 1 is 1.24 bits per heavy atom. The second-order valence-corrected chi connectivity index (χ2v) is 7.07. The summed E-state index contributed by atoms with van der Waals surface area (Å²) in [6.07, 6.45) is -2.51. The maximum absolute atomic E-state index is 13.3. The minimum atomic E-state index is -4.43. The topological polar surface area (TPSA) is 39.6 Å². The Kier molecular flexibility index (Phi) is 5.61. The van der Waals surface area contributed by atoms with E-state index in [2.05, 4.69) is 9.88 Å². The maximum Gasteiger partial charge on any atom is 0.419 e. The Labute approximate surface area is 148 Å². The molecule has 3 rings (SSSR count). The first-order chi connectivity index (χ1) is 12.0. The summed E-state index contributed by atoms with van der Waals surface area (Å²) < 4.78 is 39.8. The van der Waals surface area contributed by atoms with Gasteiger partial charge in [-0.3, -0.25) is 4.90 Å². The molecule has 25 heavy (non-hydrogen) atoms. The highest BCUT2D eigenvalue weighted by Crippen LogP contribution is 2.36. The average Bonchev–Trinajstić information content (AvgIpc) is 3.09. The van der Waals surface area contributed by atoms with Crippen LogP contribution in [0.3, 0.4) is 0 Å². The van der Waals surface area contributed by atoms with Crippen molar-refractivity contribution in [2.24, 2.45) is 0 Å². The molecule has 1 saturated heterocycles. The van der Waals surface area contributed by atoms with E-state index >= 15 is 0 Å². The lowest BCUT2D eigenvalue weighted by molar-refractivity contribution is -0.137. The molecule has 4 nitrogen and oxygen atoms in total. The molecule has 0 aromatic carbocycles. The van der Waals surface area contributed by atoms with E-state index in [1.807, 2.05) is 17.5 Å². The molecule has 1 aliphatic heterocycles.